The fraction of sp³-hybridized carbons (Fsp3) is 0.571. The topological polar surface area (TPSA) is 12.0 Å². The molecule has 0 aromatic heterocycles. The zero-order valence-electron chi connectivity index (χ0n) is 11.1. The highest BCUT2D eigenvalue weighted by Crippen LogP contribution is 2.32. The van der Waals surface area contributed by atoms with Gasteiger partial charge in [0.05, 0.1) is 5.02 Å². The highest BCUT2D eigenvalue weighted by Gasteiger charge is 2.16. The fourth-order valence-electron chi connectivity index (χ4n) is 1.87. The molecule has 4 heteroatoms. The first-order valence-electron chi connectivity index (χ1n) is 6.30. The maximum atomic E-state index is 13.4. The summed E-state index contributed by atoms with van der Waals surface area (Å²) in [6, 6.07) is 2.79. The van der Waals surface area contributed by atoms with Crippen LogP contribution in [-0.4, -0.2) is 6.54 Å². The van der Waals surface area contributed by atoms with E-state index in [2.05, 4.69) is 19.2 Å². The van der Waals surface area contributed by atoms with Crippen LogP contribution in [0.15, 0.2) is 12.1 Å². The number of benzene rings is 1. The van der Waals surface area contributed by atoms with E-state index in [1.807, 2.05) is 6.92 Å². The molecular weight excluding hydrogens is 272 g/mol. The second-order valence-corrected chi connectivity index (χ2v) is 5.75. The van der Waals surface area contributed by atoms with E-state index in [0.717, 1.165) is 13.0 Å². The number of hydrogen-bond acceptors (Lipinski definition) is 1. The summed E-state index contributed by atoms with van der Waals surface area (Å²) < 4.78 is 13.4. The van der Waals surface area contributed by atoms with E-state index in [1.165, 1.54) is 12.5 Å². The number of rotatable bonds is 6. The summed E-state index contributed by atoms with van der Waals surface area (Å²) in [6.45, 7) is 7.22. The third kappa shape index (κ3) is 4.42. The lowest BCUT2D eigenvalue weighted by Gasteiger charge is -2.17. The molecule has 0 saturated heterocycles. The van der Waals surface area contributed by atoms with Crippen LogP contribution in [0.4, 0.5) is 4.39 Å². The van der Waals surface area contributed by atoms with E-state index in [4.69, 9.17) is 23.2 Å². The van der Waals surface area contributed by atoms with Crippen molar-refractivity contribution in [1.29, 1.82) is 0 Å². The molecule has 1 nitrogen and oxygen atoms in total. The Labute approximate surface area is 119 Å². The monoisotopic (exact) mass is 291 g/mol. The van der Waals surface area contributed by atoms with Crippen LogP contribution in [0, 0.1) is 11.7 Å². The van der Waals surface area contributed by atoms with Gasteiger partial charge in [-0.1, -0.05) is 37.0 Å². The van der Waals surface area contributed by atoms with Gasteiger partial charge >= 0.3 is 0 Å². The van der Waals surface area contributed by atoms with Crippen LogP contribution in [-0.2, 0) is 0 Å². The SMILES string of the molecule is CC(C)CCCNC(C)c1c(Cl)ccc(F)c1Cl. The summed E-state index contributed by atoms with van der Waals surface area (Å²) in [7, 11) is 0. The van der Waals surface area contributed by atoms with E-state index >= 15 is 0 Å². The van der Waals surface area contributed by atoms with Crippen molar-refractivity contribution in [2.45, 2.75) is 39.7 Å². The van der Waals surface area contributed by atoms with Crippen molar-refractivity contribution in [1.82, 2.24) is 5.32 Å². The summed E-state index contributed by atoms with van der Waals surface area (Å²) in [5.74, 6) is 0.273. The Bertz CT molecular complexity index is 394. The van der Waals surface area contributed by atoms with Gasteiger partial charge in [-0.05, 0) is 44.4 Å². The molecule has 0 bridgehead atoms. The summed E-state index contributed by atoms with van der Waals surface area (Å²) >= 11 is 12.0. The summed E-state index contributed by atoms with van der Waals surface area (Å²) in [4.78, 5) is 0. The van der Waals surface area contributed by atoms with Crippen LogP contribution >= 0.6 is 23.2 Å². The van der Waals surface area contributed by atoms with Crippen LogP contribution < -0.4 is 5.32 Å². The number of halogens is 3. The van der Waals surface area contributed by atoms with Crippen molar-refractivity contribution in [2.75, 3.05) is 6.54 Å². The van der Waals surface area contributed by atoms with E-state index in [1.54, 1.807) is 6.07 Å². The first-order valence-corrected chi connectivity index (χ1v) is 7.05. The van der Waals surface area contributed by atoms with Gasteiger partial charge in [-0.3, -0.25) is 0 Å². The van der Waals surface area contributed by atoms with Gasteiger partial charge in [-0.25, -0.2) is 4.39 Å². The van der Waals surface area contributed by atoms with Crippen molar-refractivity contribution >= 4 is 23.2 Å². The third-order valence-corrected chi connectivity index (χ3v) is 3.63. The molecule has 0 spiro atoms. The molecule has 0 radical (unpaired) electrons. The van der Waals surface area contributed by atoms with Crippen LogP contribution in [0.3, 0.4) is 0 Å². The molecule has 0 amide bonds. The van der Waals surface area contributed by atoms with E-state index < -0.39 is 5.82 Å². The maximum absolute atomic E-state index is 13.4. The minimum Gasteiger partial charge on any atom is -0.310 e. The standard InChI is InChI=1S/C14H20Cl2FN/c1-9(2)5-4-8-18-10(3)13-11(15)6-7-12(17)14(13)16/h6-7,9-10,18H,4-5,8H2,1-3H3. The minimum absolute atomic E-state index is 0.0483. The van der Waals surface area contributed by atoms with Crippen molar-refractivity contribution in [3.63, 3.8) is 0 Å². The normalized spacial score (nSPS) is 13.1. The highest BCUT2D eigenvalue weighted by atomic mass is 35.5. The molecule has 0 fully saturated rings. The Morgan fingerprint density at radius 3 is 2.50 bits per heavy atom. The van der Waals surface area contributed by atoms with Crippen molar-refractivity contribution in [3.05, 3.63) is 33.6 Å². The van der Waals surface area contributed by atoms with Crippen LogP contribution in [0.25, 0.3) is 0 Å². The lowest BCUT2D eigenvalue weighted by molar-refractivity contribution is 0.496. The van der Waals surface area contributed by atoms with Crippen molar-refractivity contribution in [3.8, 4) is 0 Å². The van der Waals surface area contributed by atoms with Crippen molar-refractivity contribution < 1.29 is 4.39 Å². The van der Waals surface area contributed by atoms with Gasteiger partial charge < -0.3 is 5.32 Å². The molecule has 1 aromatic carbocycles. The van der Waals surface area contributed by atoms with Gasteiger partial charge in [0.15, 0.2) is 0 Å². The Morgan fingerprint density at radius 1 is 1.22 bits per heavy atom. The predicted octanol–water partition coefficient (Wildman–Crippen LogP) is 5.22. The Kier molecular flexibility index (Phi) is 6.40. The average Bonchev–Trinajstić information content (AvgIpc) is 2.30. The van der Waals surface area contributed by atoms with Crippen LogP contribution in [0.2, 0.25) is 10.0 Å². The van der Waals surface area contributed by atoms with Gasteiger partial charge in [0.1, 0.15) is 5.82 Å². The second kappa shape index (κ2) is 7.32. The first kappa shape index (κ1) is 15.7. The molecule has 1 atom stereocenters. The smallest absolute Gasteiger partial charge is 0.142 e. The molecule has 102 valence electrons. The van der Waals surface area contributed by atoms with Crippen molar-refractivity contribution in [2.24, 2.45) is 5.92 Å². The van der Waals surface area contributed by atoms with Gasteiger partial charge in [0.2, 0.25) is 0 Å². The van der Waals surface area contributed by atoms with Gasteiger partial charge in [0, 0.05) is 16.6 Å². The lowest BCUT2D eigenvalue weighted by atomic mass is 10.1. The molecule has 1 rings (SSSR count). The van der Waals surface area contributed by atoms with E-state index in [-0.39, 0.29) is 11.1 Å². The molecule has 0 heterocycles. The molecule has 0 aliphatic carbocycles. The maximum Gasteiger partial charge on any atom is 0.142 e. The summed E-state index contributed by atoms with van der Waals surface area (Å²) in [5.41, 5.74) is 0.642. The van der Waals surface area contributed by atoms with E-state index in [0.29, 0.717) is 16.5 Å². The van der Waals surface area contributed by atoms with E-state index in [9.17, 15) is 4.39 Å². The molecule has 1 unspecified atom stereocenters. The fourth-order valence-corrected chi connectivity index (χ4v) is 2.57. The van der Waals surface area contributed by atoms with Gasteiger partial charge in [-0.15, -0.1) is 0 Å². The largest absolute Gasteiger partial charge is 0.310 e. The second-order valence-electron chi connectivity index (χ2n) is 4.97. The molecule has 1 aromatic rings. The third-order valence-electron chi connectivity index (χ3n) is 2.92. The minimum atomic E-state index is -0.424. The number of hydrogen-bond donors (Lipinski definition) is 1. The first-order chi connectivity index (χ1) is 8.43. The summed E-state index contributed by atoms with van der Waals surface area (Å²) in [5, 5.41) is 3.95. The zero-order chi connectivity index (χ0) is 13.7. The molecule has 1 N–H and O–H groups in total. The highest BCUT2D eigenvalue weighted by molar-refractivity contribution is 6.36. The molecule has 0 aliphatic heterocycles. The summed E-state index contributed by atoms with van der Waals surface area (Å²) in [6.07, 6.45) is 2.26. The van der Waals surface area contributed by atoms with Crippen LogP contribution in [0.1, 0.15) is 45.2 Å². The molecular formula is C14H20Cl2FN. The van der Waals surface area contributed by atoms with Gasteiger partial charge in [0.25, 0.3) is 0 Å². The quantitative estimate of drug-likeness (QED) is 0.560. The Balaban J connectivity index is 2.61. The molecule has 18 heavy (non-hydrogen) atoms. The molecule has 0 saturated carbocycles. The Hall–Kier alpha value is -0.310. The predicted molar refractivity (Wildman–Crippen MR) is 76.9 cm³/mol. The lowest BCUT2D eigenvalue weighted by Crippen LogP contribution is -2.21. The molecule has 0 aliphatic rings. The average molecular weight is 292 g/mol. The van der Waals surface area contributed by atoms with Gasteiger partial charge in [-0.2, -0.15) is 0 Å². The Morgan fingerprint density at radius 2 is 1.89 bits per heavy atom. The van der Waals surface area contributed by atoms with Crippen LogP contribution in [0.5, 0.6) is 0 Å². The zero-order valence-corrected chi connectivity index (χ0v) is 12.6. The number of nitrogens with one attached hydrogen (secondary N) is 1.